The average molecular weight is 475 g/mol. The van der Waals surface area contributed by atoms with Crippen LogP contribution in [0.25, 0.3) is 0 Å². The van der Waals surface area contributed by atoms with Crippen molar-refractivity contribution in [3.63, 3.8) is 0 Å². The summed E-state index contributed by atoms with van der Waals surface area (Å²) in [7, 11) is -3.45. The van der Waals surface area contributed by atoms with Gasteiger partial charge in [-0.1, -0.05) is 19.9 Å². The van der Waals surface area contributed by atoms with Crippen LogP contribution in [-0.4, -0.2) is 47.9 Å². The number of aryl methyl sites for hydroxylation is 1. The third-order valence-electron chi connectivity index (χ3n) is 5.97. The van der Waals surface area contributed by atoms with Gasteiger partial charge in [-0.3, -0.25) is 14.3 Å². The Labute approximate surface area is 194 Å². The van der Waals surface area contributed by atoms with Crippen LogP contribution < -0.4 is 15.8 Å². The van der Waals surface area contributed by atoms with Gasteiger partial charge in [-0.25, -0.2) is 18.4 Å². The fraction of sp³-hybridized carbons (Fsp3) is 0.455. The summed E-state index contributed by atoms with van der Waals surface area (Å²) in [5, 5.41) is 2.64. The monoisotopic (exact) mass is 474 g/mol. The molecule has 2 aromatic heterocycles. The smallest absolute Gasteiger partial charge is 0.313 e. The number of sulfonamides is 1. The summed E-state index contributed by atoms with van der Waals surface area (Å²) in [6, 6.07) is 4.99. The summed E-state index contributed by atoms with van der Waals surface area (Å²) in [6.07, 6.45) is 6.17. The summed E-state index contributed by atoms with van der Waals surface area (Å²) < 4.78 is 25.2. The summed E-state index contributed by atoms with van der Waals surface area (Å²) in [5.41, 5.74) is 6.96. The lowest BCUT2D eigenvalue weighted by Gasteiger charge is -2.46. The van der Waals surface area contributed by atoms with Crippen molar-refractivity contribution in [3.8, 4) is 0 Å². The summed E-state index contributed by atoms with van der Waals surface area (Å²) in [6.45, 7) is 6.26. The molecular weight excluding hydrogens is 444 g/mol. The van der Waals surface area contributed by atoms with Crippen molar-refractivity contribution in [3.05, 3.63) is 41.7 Å². The number of nitrogen functional groups attached to an aromatic ring is 1. The van der Waals surface area contributed by atoms with Crippen LogP contribution in [0.1, 0.15) is 44.7 Å². The number of carbonyl (C=O) groups is 2. The number of pyridine rings is 2. The summed E-state index contributed by atoms with van der Waals surface area (Å²) in [4.78, 5) is 36.0. The number of nitrogens with two attached hydrogens (primary N) is 1. The molecule has 33 heavy (non-hydrogen) atoms. The van der Waals surface area contributed by atoms with Crippen molar-refractivity contribution < 1.29 is 18.0 Å². The molecule has 10 nitrogen and oxygen atoms in total. The first-order chi connectivity index (χ1) is 15.4. The van der Waals surface area contributed by atoms with Gasteiger partial charge in [0.1, 0.15) is 11.6 Å². The highest BCUT2D eigenvalue weighted by atomic mass is 32.2. The SMILES string of the molecule is CCc1cc(NC(=O)C(=O)N2C[C@@H](C)CC[C@@]2(C)c2ccc(NS(C)(=O)=O)nc2)cnc1N. The highest BCUT2D eigenvalue weighted by Gasteiger charge is 2.43. The number of likely N-dealkylation sites (tertiary alicyclic amines) is 1. The van der Waals surface area contributed by atoms with Crippen LogP contribution in [-0.2, 0) is 31.6 Å². The first kappa shape index (κ1) is 24.4. The molecule has 0 aliphatic carbocycles. The Bertz CT molecular complexity index is 1150. The molecule has 0 unspecified atom stereocenters. The number of amides is 2. The molecule has 0 saturated carbocycles. The minimum atomic E-state index is -3.45. The van der Waals surface area contributed by atoms with Crippen molar-refractivity contribution in [2.24, 2.45) is 5.92 Å². The third kappa shape index (κ3) is 5.59. The molecule has 0 spiro atoms. The summed E-state index contributed by atoms with van der Waals surface area (Å²) in [5.74, 6) is -0.615. The van der Waals surface area contributed by atoms with Gasteiger partial charge in [-0.05, 0) is 55.4 Å². The lowest BCUT2D eigenvalue weighted by atomic mass is 9.79. The maximum absolute atomic E-state index is 13.3. The van der Waals surface area contributed by atoms with Crippen LogP contribution in [0.15, 0.2) is 30.6 Å². The molecular formula is C22H30N6O4S. The topological polar surface area (TPSA) is 147 Å². The molecule has 2 aromatic rings. The van der Waals surface area contributed by atoms with Crippen LogP contribution in [0.3, 0.4) is 0 Å². The number of piperidine rings is 1. The fourth-order valence-electron chi connectivity index (χ4n) is 4.02. The van der Waals surface area contributed by atoms with Gasteiger partial charge in [0.05, 0.1) is 23.7 Å². The highest BCUT2D eigenvalue weighted by molar-refractivity contribution is 7.92. The molecule has 11 heteroatoms. The quantitative estimate of drug-likeness (QED) is 0.562. The second-order valence-corrected chi connectivity index (χ2v) is 10.5. The minimum Gasteiger partial charge on any atom is -0.383 e. The number of hydrogen-bond acceptors (Lipinski definition) is 7. The normalized spacial score (nSPS) is 20.8. The molecule has 0 radical (unpaired) electrons. The minimum absolute atomic E-state index is 0.187. The standard InChI is InChI=1S/C22H30N6O4S/c1-5-15-10-17(12-25-19(15)23)26-20(29)21(30)28-13-14(2)8-9-22(28,3)16-6-7-18(24-11-16)27-33(4,31)32/h6-7,10-12,14H,5,8-9,13H2,1-4H3,(H2,23,25)(H,24,27)(H,26,29)/t14-,22-/m0/s1. The number of aromatic nitrogens is 2. The van der Waals surface area contributed by atoms with Crippen LogP contribution >= 0.6 is 0 Å². The van der Waals surface area contributed by atoms with Crippen molar-refractivity contribution >= 4 is 39.2 Å². The van der Waals surface area contributed by atoms with E-state index in [0.717, 1.165) is 23.8 Å². The maximum atomic E-state index is 13.3. The molecule has 1 aliphatic heterocycles. The van der Waals surface area contributed by atoms with Gasteiger partial charge in [-0.15, -0.1) is 0 Å². The number of nitrogens with zero attached hydrogens (tertiary/aromatic N) is 3. The Morgan fingerprint density at radius 3 is 2.61 bits per heavy atom. The Morgan fingerprint density at radius 2 is 2.00 bits per heavy atom. The average Bonchev–Trinajstić information content (AvgIpc) is 2.75. The van der Waals surface area contributed by atoms with Crippen molar-refractivity contribution in [1.82, 2.24) is 14.9 Å². The number of rotatable bonds is 5. The van der Waals surface area contributed by atoms with Gasteiger partial charge in [0.15, 0.2) is 0 Å². The van der Waals surface area contributed by atoms with Crippen LogP contribution in [0, 0.1) is 5.92 Å². The molecule has 2 amide bonds. The van der Waals surface area contributed by atoms with E-state index in [0.29, 0.717) is 30.9 Å². The van der Waals surface area contributed by atoms with Gasteiger partial charge in [0.25, 0.3) is 0 Å². The second-order valence-electron chi connectivity index (χ2n) is 8.72. The molecule has 0 aromatic carbocycles. The molecule has 3 heterocycles. The predicted molar refractivity (Wildman–Crippen MR) is 127 cm³/mol. The van der Waals surface area contributed by atoms with Gasteiger partial charge < -0.3 is 16.0 Å². The number of nitrogens with one attached hydrogen (secondary N) is 2. The van der Waals surface area contributed by atoms with E-state index in [1.807, 2.05) is 20.8 Å². The molecule has 3 rings (SSSR count). The molecule has 178 valence electrons. The second kappa shape index (κ2) is 9.34. The van der Waals surface area contributed by atoms with E-state index >= 15 is 0 Å². The zero-order valence-corrected chi connectivity index (χ0v) is 20.1. The maximum Gasteiger partial charge on any atom is 0.313 e. The van der Waals surface area contributed by atoms with E-state index in [1.54, 1.807) is 29.3 Å². The summed E-state index contributed by atoms with van der Waals surface area (Å²) >= 11 is 0. The zero-order chi connectivity index (χ0) is 24.4. The number of carbonyl (C=O) groups excluding carboxylic acids is 2. The number of anilines is 3. The van der Waals surface area contributed by atoms with Crippen LogP contribution in [0.4, 0.5) is 17.3 Å². The molecule has 1 saturated heterocycles. The van der Waals surface area contributed by atoms with Gasteiger partial charge in [0.2, 0.25) is 10.0 Å². The molecule has 1 fully saturated rings. The van der Waals surface area contributed by atoms with Crippen LogP contribution in [0.5, 0.6) is 0 Å². The van der Waals surface area contributed by atoms with E-state index in [1.165, 1.54) is 6.20 Å². The van der Waals surface area contributed by atoms with E-state index in [4.69, 9.17) is 5.73 Å². The van der Waals surface area contributed by atoms with Crippen molar-refractivity contribution in [2.45, 2.75) is 45.6 Å². The molecule has 1 aliphatic rings. The zero-order valence-electron chi connectivity index (χ0n) is 19.3. The first-order valence-electron chi connectivity index (χ1n) is 10.7. The van der Waals surface area contributed by atoms with Gasteiger partial charge >= 0.3 is 11.8 Å². The van der Waals surface area contributed by atoms with Crippen molar-refractivity contribution in [2.75, 3.05) is 28.6 Å². The largest absolute Gasteiger partial charge is 0.383 e. The lowest BCUT2D eigenvalue weighted by molar-refractivity contribution is -0.150. The van der Waals surface area contributed by atoms with E-state index in [2.05, 4.69) is 20.0 Å². The Balaban J connectivity index is 1.85. The molecule has 4 N–H and O–H groups in total. The highest BCUT2D eigenvalue weighted by Crippen LogP contribution is 2.39. The van der Waals surface area contributed by atoms with Crippen LogP contribution in [0.2, 0.25) is 0 Å². The molecule has 2 atom stereocenters. The first-order valence-corrected chi connectivity index (χ1v) is 12.6. The fourth-order valence-corrected chi connectivity index (χ4v) is 4.52. The Morgan fingerprint density at radius 1 is 1.27 bits per heavy atom. The Hall–Kier alpha value is -3.21. The van der Waals surface area contributed by atoms with E-state index in [-0.39, 0.29) is 11.7 Å². The number of hydrogen-bond donors (Lipinski definition) is 3. The lowest BCUT2D eigenvalue weighted by Crippen LogP contribution is -2.55. The molecule has 0 bridgehead atoms. The van der Waals surface area contributed by atoms with E-state index in [9.17, 15) is 18.0 Å². The Kier molecular flexibility index (Phi) is 6.92. The predicted octanol–water partition coefficient (Wildman–Crippen LogP) is 2.11. The third-order valence-corrected chi connectivity index (χ3v) is 6.55. The van der Waals surface area contributed by atoms with Crippen molar-refractivity contribution in [1.29, 1.82) is 0 Å². The van der Waals surface area contributed by atoms with Gasteiger partial charge in [-0.2, -0.15) is 0 Å². The van der Waals surface area contributed by atoms with Gasteiger partial charge in [0, 0.05) is 12.7 Å². The van der Waals surface area contributed by atoms with E-state index < -0.39 is 27.4 Å².